The lowest BCUT2D eigenvalue weighted by Crippen LogP contribution is -2.46. The molecule has 4 atom stereocenters. The normalized spacial score (nSPS) is 15.6. The predicted molar refractivity (Wildman–Crippen MR) is 122 cm³/mol. The molecule has 0 aliphatic carbocycles. The molecule has 0 amide bonds. The molecule has 3 aromatic rings. The molecule has 1 heterocycles. The molecule has 0 spiro atoms. The van der Waals surface area contributed by atoms with Crippen LogP contribution in [0.1, 0.15) is 11.3 Å². The van der Waals surface area contributed by atoms with Gasteiger partial charge in [0, 0.05) is 6.42 Å². The Morgan fingerprint density at radius 3 is 2.19 bits per heavy atom. The zero-order valence-electron chi connectivity index (χ0n) is 16.7. The van der Waals surface area contributed by atoms with Crippen LogP contribution in [0.5, 0.6) is 0 Å². The van der Waals surface area contributed by atoms with Crippen molar-refractivity contribution in [1.29, 1.82) is 0 Å². The van der Waals surface area contributed by atoms with Crippen molar-refractivity contribution in [3.63, 3.8) is 0 Å². The lowest BCUT2D eigenvalue weighted by Gasteiger charge is -2.23. The van der Waals surface area contributed by atoms with E-state index in [1.807, 2.05) is 30.3 Å². The van der Waals surface area contributed by atoms with Crippen LogP contribution in [0, 0.1) is 0 Å². The van der Waals surface area contributed by atoms with Crippen molar-refractivity contribution in [2.75, 3.05) is 12.0 Å². The van der Waals surface area contributed by atoms with Gasteiger partial charge < -0.3 is 25.5 Å². The smallest absolute Gasteiger partial charge is 0.169 e. The summed E-state index contributed by atoms with van der Waals surface area (Å²) in [4.78, 5) is 9.11. The molecule has 9 nitrogen and oxygen atoms in total. The number of anilines is 1. The summed E-state index contributed by atoms with van der Waals surface area (Å²) in [6, 6.07) is 12.7. The van der Waals surface area contributed by atoms with Gasteiger partial charge in [-0.25, -0.2) is 9.97 Å². The van der Waals surface area contributed by atoms with Gasteiger partial charge in [-0.05, 0) is 17.7 Å². The molecule has 170 valence electrons. The molecule has 2 aromatic carbocycles. The van der Waals surface area contributed by atoms with Crippen molar-refractivity contribution in [1.82, 2.24) is 9.97 Å². The Kier molecular flexibility index (Phi) is 8.32. The SMILES string of the molecule is OC[C@@H](O)[C@@H](O)[C@H](O)[C@H](O)/C=N/Nc1nc2cc(Cl)c(Cl)cc2nc1Cc1ccccc1. The average Bonchev–Trinajstić information content (AvgIpc) is 2.79. The Hall–Kier alpha value is -2.37. The molecule has 0 saturated carbocycles. The Labute approximate surface area is 193 Å². The number of halogens is 2. The van der Waals surface area contributed by atoms with Gasteiger partial charge in [0.05, 0.1) is 39.6 Å². The summed E-state index contributed by atoms with van der Waals surface area (Å²) in [6.45, 7) is -0.775. The molecule has 0 aliphatic heterocycles. The average molecular weight is 481 g/mol. The van der Waals surface area contributed by atoms with Crippen molar-refractivity contribution < 1.29 is 25.5 Å². The maximum atomic E-state index is 9.99. The fraction of sp³-hybridized carbons (Fsp3) is 0.286. The van der Waals surface area contributed by atoms with Crippen molar-refractivity contribution in [3.8, 4) is 0 Å². The first-order chi connectivity index (χ1) is 15.3. The van der Waals surface area contributed by atoms with E-state index in [9.17, 15) is 20.4 Å². The van der Waals surface area contributed by atoms with E-state index in [2.05, 4.69) is 20.5 Å². The monoisotopic (exact) mass is 480 g/mol. The quantitative estimate of drug-likeness (QED) is 0.198. The number of rotatable bonds is 9. The molecule has 0 radical (unpaired) electrons. The first-order valence-electron chi connectivity index (χ1n) is 9.62. The van der Waals surface area contributed by atoms with Crippen LogP contribution in [0.25, 0.3) is 11.0 Å². The molecular weight excluding hydrogens is 459 g/mol. The second-order valence-corrected chi connectivity index (χ2v) is 7.86. The van der Waals surface area contributed by atoms with E-state index < -0.39 is 31.0 Å². The van der Waals surface area contributed by atoms with Gasteiger partial charge in [-0.15, -0.1) is 0 Å². The number of hydrogen-bond donors (Lipinski definition) is 6. The molecule has 0 saturated heterocycles. The van der Waals surface area contributed by atoms with Gasteiger partial charge in [0.15, 0.2) is 5.82 Å². The second-order valence-electron chi connectivity index (χ2n) is 7.05. The van der Waals surface area contributed by atoms with Gasteiger partial charge in [0.1, 0.15) is 24.4 Å². The maximum absolute atomic E-state index is 9.99. The summed E-state index contributed by atoms with van der Waals surface area (Å²) in [5.41, 5.74) is 5.21. The Bertz CT molecular complexity index is 1090. The molecule has 3 rings (SSSR count). The van der Waals surface area contributed by atoms with E-state index in [0.29, 0.717) is 33.2 Å². The Balaban J connectivity index is 1.87. The Morgan fingerprint density at radius 1 is 0.938 bits per heavy atom. The number of hydrogen-bond acceptors (Lipinski definition) is 9. The van der Waals surface area contributed by atoms with E-state index in [-0.39, 0.29) is 5.82 Å². The first kappa shape index (κ1) is 24.3. The van der Waals surface area contributed by atoms with Gasteiger partial charge in [0.2, 0.25) is 0 Å². The number of nitrogens with zero attached hydrogens (tertiary/aromatic N) is 3. The van der Waals surface area contributed by atoms with Crippen molar-refractivity contribution in [2.45, 2.75) is 30.8 Å². The summed E-state index contributed by atoms with van der Waals surface area (Å²) in [5.74, 6) is 0.286. The van der Waals surface area contributed by atoms with Gasteiger partial charge >= 0.3 is 0 Å². The van der Waals surface area contributed by atoms with Crippen LogP contribution in [0.3, 0.4) is 0 Å². The standard InChI is InChI=1S/C21H22Cl2N4O5/c22-12-7-14-15(8-13(12)23)26-21(16(25-14)6-11-4-2-1-3-5-11)27-24-9-17(29)19(31)20(32)18(30)10-28/h1-5,7-9,17-20,28-32H,6,10H2,(H,26,27)/b24-9+/t17-,18-,19-,20-/m1/s1. The van der Waals surface area contributed by atoms with E-state index in [1.54, 1.807) is 12.1 Å². The molecule has 0 unspecified atom stereocenters. The fourth-order valence-corrected chi connectivity index (χ4v) is 3.21. The Morgan fingerprint density at radius 2 is 1.56 bits per heavy atom. The van der Waals surface area contributed by atoms with Crippen molar-refractivity contribution in [3.05, 3.63) is 63.8 Å². The van der Waals surface area contributed by atoms with E-state index in [4.69, 9.17) is 28.3 Å². The number of benzene rings is 2. The van der Waals surface area contributed by atoms with Crippen LogP contribution in [0.4, 0.5) is 5.82 Å². The van der Waals surface area contributed by atoms with Crippen molar-refractivity contribution in [2.24, 2.45) is 5.10 Å². The number of hydrazone groups is 1. The zero-order chi connectivity index (χ0) is 23.3. The highest BCUT2D eigenvalue weighted by atomic mass is 35.5. The highest BCUT2D eigenvalue weighted by molar-refractivity contribution is 6.42. The highest BCUT2D eigenvalue weighted by Gasteiger charge is 2.29. The van der Waals surface area contributed by atoms with Crippen LogP contribution >= 0.6 is 23.2 Å². The van der Waals surface area contributed by atoms with Gasteiger partial charge in [-0.3, -0.25) is 5.43 Å². The second kappa shape index (κ2) is 11.0. The predicted octanol–water partition coefficient (Wildman–Crippen LogP) is 1.36. The first-order valence-corrected chi connectivity index (χ1v) is 10.4. The van der Waals surface area contributed by atoms with Gasteiger partial charge in [-0.1, -0.05) is 53.5 Å². The zero-order valence-corrected chi connectivity index (χ0v) is 18.2. The molecule has 0 aliphatic rings. The number of fused-ring (bicyclic) bond motifs is 1. The third-order valence-corrected chi connectivity index (χ3v) is 5.39. The highest BCUT2D eigenvalue weighted by Crippen LogP contribution is 2.28. The maximum Gasteiger partial charge on any atom is 0.169 e. The largest absolute Gasteiger partial charge is 0.394 e. The molecule has 6 N–H and O–H groups in total. The molecule has 0 bridgehead atoms. The van der Waals surface area contributed by atoms with Crippen LogP contribution in [-0.2, 0) is 6.42 Å². The lowest BCUT2D eigenvalue weighted by molar-refractivity contribution is -0.0999. The van der Waals surface area contributed by atoms with E-state index in [1.165, 1.54) is 0 Å². The van der Waals surface area contributed by atoms with Crippen LogP contribution < -0.4 is 5.43 Å². The van der Waals surface area contributed by atoms with Gasteiger partial charge in [-0.2, -0.15) is 5.10 Å². The summed E-state index contributed by atoms with van der Waals surface area (Å²) >= 11 is 12.2. The minimum absolute atomic E-state index is 0.286. The van der Waals surface area contributed by atoms with Gasteiger partial charge in [0.25, 0.3) is 0 Å². The van der Waals surface area contributed by atoms with E-state index in [0.717, 1.165) is 11.8 Å². The summed E-state index contributed by atoms with van der Waals surface area (Å²) in [7, 11) is 0. The summed E-state index contributed by atoms with van der Waals surface area (Å²) < 4.78 is 0. The number of aromatic nitrogens is 2. The molecule has 11 heteroatoms. The minimum atomic E-state index is -1.77. The number of nitrogens with one attached hydrogen (secondary N) is 1. The number of aliphatic hydroxyl groups is 5. The van der Waals surface area contributed by atoms with Crippen LogP contribution in [0.15, 0.2) is 47.6 Å². The van der Waals surface area contributed by atoms with Crippen LogP contribution in [0.2, 0.25) is 10.0 Å². The minimum Gasteiger partial charge on any atom is -0.394 e. The number of aliphatic hydroxyl groups excluding tert-OH is 5. The molecule has 0 fully saturated rings. The molecule has 32 heavy (non-hydrogen) atoms. The third-order valence-electron chi connectivity index (χ3n) is 4.67. The summed E-state index contributed by atoms with van der Waals surface area (Å²) in [6.07, 6.45) is -5.41. The lowest BCUT2D eigenvalue weighted by atomic mass is 10.0. The molecule has 1 aromatic heterocycles. The molecular formula is C21H22Cl2N4O5. The van der Waals surface area contributed by atoms with Crippen LogP contribution in [-0.4, -0.2) is 72.7 Å². The third kappa shape index (κ3) is 5.90. The van der Waals surface area contributed by atoms with E-state index >= 15 is 0 Å². The summed E-state index contributed by atoms with van der Waals surface area (Å²) in [5, 5.41) is 52.4. The van der Waals surface area contributed by atoms with Crippen molar-refractivity contribution >= 4 is 46.3 Å². The fourth-order valence-electron chi connectivity index (χ4n) is 2.89. The topological polar surface area (TPSA) is 151 Å².